The van der Waals surface area contributed by atoms with Crippen molar-refractivity contribution in [3.05, 3.63) is 24.3 Å². The number of nitrogens with two attached hydrogens (primary N) is 1. The van der Waals surface area contributed by atoms with E-state index in [1.807, 2.05) is 6.07 Å². The van der Waals surface area contributed by atoms with E-state index >= 15 is 0 Å². The summed E-state index contributed by atoms with van der Waals surface area (Å²) in [5.41, 5.74) is 0.610. The van der Waals surface area contributed by atoms with E-state index in [9.17, 15) is 8.42 Å². The van der Waals surface area contributed by atoms with Crippen molar-refractivity contribution in [1.82, 2.24) is 0 Å². The summed E-state index contributed by atoms with van der Waals surface area (Å²) in [6.07, 6.45) is 3.75. The van der Waals surface area contributed by atoms with Crippen LogP contribution < -0.4 is 10.5 Å². The van der Waals surface area contributed by atoms with Gasteiger partial charge in [-0.3, -0.25) is 0 Å². The molecule has 2 rings (SSSR count). The van der Waals surface area contributed by atoms with Crippen molar-refractivity contribution in [1.29, 1.82) is 0 Å². The minimum atomic E-state index is -3.66. The van der Waals surface area contributed by atoms with Gasteiger partial charge >= 0.3 is 0 Å². The van der Waals surface area contributed by atoms with Crippen LogP contribution in [-0.4, -0.2) is 15.0 Å². The molecule has 0 radical (unpaired) electrons. The third-order valence-electron chi connectivity index (χ3n) is 3.79. The van der Waals surface area contributed by atoms with E-state index in [1.54, 1.807) is 12.1 Å². The summed E-state index contributed by atoms with van der Waals surface area (Å²) >= 11 is 0. The van der Waals surface area contributed by atoms with Crippen LogP contribution in [0.3, 0.4) is 0 Å². The number of rotatable bonds is 4. The first-order valence-electron chi connectivity index (χ1n) is 6.34. The van der Waals surface area contributed by atoms with Crippen LogP contribution in [0.4, 0.5) is 5.69 Å². The Kier molecular flexibility index (Phi) is 3.92. The average molecular weight is 268 g/mol. The molecule has 100 valence electrons. The van der Waals surface area contributed by atoms with Gasteiger partial charge in [-0.2, -0.15) is 0 Å². The number of nitrogens with one attached hydrogen (secondary N) is 1. The Morgan fingerprint density at radius 1 is 1.33 bits per heavy atom. The van der Waals surface area contributed by atoms with E-state index in [-0.39, 0.29) is 4.90 Å². The van der Waals surface area contributed by atoms with Crippen molar-refractivity contribution < 1.29 is 8.42 Å². The molecule has 4 nitrogen and oxygen atoms in total. The zero-order valence-electron chi connectivity index (χ0n) is 10.6. The average Bonchev–Trinajstić information content (AvgIpc) is 2.71. The Balaban J connectivity index is 2.10. The molecule has 0 bridgehead atoms. The Bertz CT molecular complexity index is 513. The molecule has 1 aliphatic carbocycles. The Hall–Kier alpha value is -1.07. The highest BCUT2D eigenvalue weighted by Gasteiger charge is 2.23. The first kappa shape index (κ1) is 13.4. The van der Waals surface area contributed by atoms with E-state index in [1.165, 1.54) is 25.3 Å². The Morgan fingerprint density at radius 2 is 2.06 bits per heavy atom. The first-order chi connectivity index (χ1) is 8.48. The molecular formula is C13H20N2O2S. The molecule has 0 heterocycles. The number of benzene rings is 1. The third kappa shape index (κ3) is 3.03. The SMILES string of the molecule is CC1CCCC1CNc1ccccc1S(N)(=O)=O. The first-order valence-corrected chi connectivity index (χ1v) is 7.89. The highest BCUT2D eigenvalue weighted by Crippen LogP contribution is 2.31. The number of anilines is 1. The van der Waals surface area contributed by atoms with Gasteiger partial charge in [0.05, 0.1) is 5.69 Å². The lowest BCUT2D eigenvalue weighted by atomic mass is 9.98. The predicted octanol–water partition coefficient (Wildman–Crippen LogP) is 2.18. The van der Waals surface area contributed by atoms with Crippen molar-refractivity contribution >= 4 is 15.7 Å². The lowest BCUT2D eigenvalue weighted by molar-refractivity contribution is 0.439. The lowest BCUT2D eigenvalue weighted by Gasteiger charge is -2.18. The summed E-state index contributed by atoms with van der Waals surface area (Å²) in [6.45, 7) is 3.07. The number of hydrogen-bond acceptors (Lipinski definition) is 3. The summed E-state index contributed by atoms with van der Waals surface area (Å²) in [5, 5.41) is 8.43. The molecule has 5 heteroatoms. The molecule has 1 aromatic carbocycles. The standard InChI is InChI=1S/C13H20N2O2S/c1-10-5-4-6-11(10)9-15-12-7-2-3-8-13(12)18(14,16)17/h2-3,7-8,10-11,15H,4-6,9H2,1H3,(H2,14,16,17). The summed E-state index contributed by atoms with van der Waals surface area (Å²) in [6, 6.07) is 6.80. The highest BCUT2D eigenvalue weighted by molar-refractivity contribution is 7.89. The number of para-hydroxylation sites is 1. The molecule has 3 N–H and O–H groups in total. The van der Waals surface area contributed by atoms with Crippen LogP contribution >= 0.6 is 0 Å². The molecule has 1 aliphatic rings. The van der Waals surface area contributed by atoms with Gasteiger partial charge in [-0.05, 0) is 30.4 Å². The number of hydrogen-bond donors (Lipinski definition) is 2. The Labute approximate surface area is 109 Å². The third-order valence-corrected chi connectivity index (χ3v) is 4.76. The van der Waals surface area contributed by atoms with Crippen LogP contribution in [0.25, 0.3) is 0 Å². The molecule has 0 aromatic heterocycles. The quantitative estimate of drug-likeness (QED) is 0.879. The van der Waals surface area contributed by atoms with Gasteiger partial charge < -0.3 is 5.32 Å². The molecule has 0 amide bonds. The molecular weight excluding hydrogens is 248 g/mol. The zero-order valence-corrected chi connectivity index (χ0v) is 11.4. The van der Waals surface area contributed by atoms with Gasteiger partial charge in [0.25, 0.3) is 0 Å². The van der Waals surface area contributed by atoms with Gasteiger partial charge in [-0.1, -0.05) is 31.9 Å². The van der Waals surface area contributed by atoms with Crippen LogP contribution in [0.15, 0.2) is 29.2 Å². The molecule has 0 saturated heterocycles. The molecule has 2 unspecified atom stereocenters. The molecule has 1 fully saturated rings. The second kappa shape index (κ2) is 5.28. The fraction of sp³-hybridized carbons (Fsp3) is 0.538. The molecule has 1 aromatic rings. The van der Waals surface area contributed by atoms with E-state index < -0.39 is 10.0 Å². The minimum Gasteiger partial charge on any atom is -0.384 e. The summed E-state index contributed by atoms with van der Waals surface area (Å²) < 4.78 is 22.9. The topological polar surface area (TPSA) is 72.2 Å². The zero-order chi connectivity index (χ0) is 13.2. The van der Waals surface area contributed by atoms with Gasteiger partial charge in [-0.15, -0.1) is 0 Å². The second-order valence-electron chi connectivity index (χ2n) is 5.09. The predicted molar refractivity (Wildman–Crippen MR) is 72.8 cm³/mol. The van der Waals surface area contributed by atoms with E-state index in [2.05, 4.69) is 12.2 Å². The fourth-order valence-electron chi connectivity index (χ4n) is 2.63. The van der Waals surface area contributed by atoms with Gasteiger partial charge in [0.15, 0.2) is 0 Å². The van der Waals surface area contributed by atoms with Gasteiger partial charge in [0, 0.05) is 6.54 Å². The van der Waals surface area contributed by atoms with Crippen LogP contribution in [0.2, 0.25) is 0 Å². The van der Waals surface area contributed by atoms with Crippen molar-refractivity contribution in [2.24, 2.45) is 17.0 Å². The maximum absolute atomic E-state index is 11.5. The normalized spacial score (nSPS) is 24.1. The van der Waals surface area contributed by atoms with Crippen molar-refractivity contribution in [2.75, 3.05) is 11.9 Å². The number of sulfonamides is 1. The summed E-state index contributed by atoms with van der Waals surface area (Å²) in [7, 11) is -3.66. The van der Waals surface area contributed by atoms with E-state index in [4.69, 9.17) is 5.14 Å². The summed E-state index contributed by atoms with van der Waals surface area (Å²) in [5.74, 6) is 1.33. The fourth-order valence-corrected chi connectivity index (χ4v) is 3.34. The van der Waals surface area contributed by atoms with Crippen LogP contribution in [-0.2, 0) is 10.0 Å². The molecule has 0 spiro atoms. The van der Waals surface area contributed by atoms with Crippen LogP contribution in [0.1, 0.15) is 26.2 Å². The smallest absolute Gasteiger partial charge is 0.240 e. The van der Waals surface area contributed by atoms with Crippen molar-refractivity contribution in [3.63, 3.8) is 0 Å². The van der Waals surface area contributed by atoms with Crippen LogP contribution in [0, 0.1) is 11.8 Å². The lowest BCUT2D eigenvalue weighted by Crippen LogP contribution is -2.19. The highest BCUT2D eigenvalue weighted by atomic mass is 32.2. The minimum absolute atomic E-state index is 0.177. The monoisotopic (exact) mass is 268 g/mol. The maximum Gasteiger partial charge on any atom is 0.240 e. The molecule has 0 aliphatic heterocycles. The van der Waals surface area contributed by atoms with Crippen molar-refractivity contribution in [3.8, 4) is 0 Å². The molecule has 2 atom stereocenters. The molecule has 18 heavy (non-hydrogen) atoms. The van der Waals surface area contributed by atoms with E-state index in [0.29, 0.717) is 17.5 Å². The molecule has 1 saturated carbocycles. The van der Waals surface area contributed by atoms with E-state index in [0.717, 1.165) is 6.54 Å². The second-order valence-corrected chi connectivity index (χ2v) is 6.62. The van der Waals surface area contributed by atoms with Gasteiger partial charge in [-0.25, -0.2) is 13.6 Å². The van der Waals surface area contributed by atoms with Gasteiger partial charge in [0.2, 0.25) is 10.0 Å². The maximum atomic E-state index is 11.5. The van der Waals surface area contributed by atoms with Gasteiger partial charge in [0.1, 0.15) is 4.90 Å². The van der Waals surface area contributed by atoms with Crippen LogP contribution in [0.5, 0.6) is 0 Å². The summed E-state index contributed by atoms with van der Waals surface area (Å²) in [4.78, 5) is 0.177. The largest absolute Gasteiger partial charge is 0.384 e. The number of primary sulfonamides is 1. The van der Waals surface area contributed by atoms with Crippen molar-refractivity contribution in [2.45, 2.75) is 31.1 Å². The Morgan fingerprint density at radius 3 is 2.67 bits per heavy atom.